The lowest BCUT2D eigenvalue weighted by molar-refractivity contribution is -0.122. The molecule has 1 unspecified atom stereocenters. The summed E-state index contributed by atoms with van der Waals surface area (Å²) < 4.78 is 5.88. The van der Waals surface area contributed by atoms with E-state index in [4.69, 9.17) is 4.74 Å². The number of amides is 1. The number of rotatable bonds is 6. The lowest BCUT2D eigenvalue weighted by Gasteiger charge is -2.34. The monoisotopic (exact) mass is 429 g/mol. The standard InChI is InChI=1S/C27H31N3O2/c1-20-19-24(30-17-15-29(3)16-18-30)11-14-26(20)28-27(31)21(2)32-25-12-9-23(10-13-25)22-7-5-4-6-8-22/h4-14,19,21H,15-18H2,1-3H3,(H,28,31). The van der Waals surface area contributed by atoms with Gasteiger partial charge in [0, 0.05) is 37.6 Å². The van der Waals surface area contributed by atoms with E-state index in [2.05, 4.69) is 46.4 Å². The summed E-state index contributed by atoms with van der Waals surface area (Å²) in [5.41, 5.74) is 5.35. The number of nitrogens with one attached hydrogen (secondary N) is 1. The lowest BCUT2D eigenvalue weighted by atomic mass is 10.1. The van der Waals surface area contributed by atoms with Crippen LogP contribution in [0.15, 0.2) is 72.8 Å². The predicted octanol–water partition coefficient (Wildman–Crippen LogP) is 4.82. The number of carbonyl (C=O) groups excluding carboxylic acids is 1. The molecule has 0 saturated carbocycles. The largest absolute Gasteiger partial charge is 0.481 e. The van der Waals surface area contributed by atoms with E-state index in [-0.39, 0.29) is 5.91 Å². The van der Waals surface area contributed by atoms with Crippen molar-refractivity contribution in [1.82, 2.24) is 4.90 Å². The summed E-state index contributed by atoms with van der Waals surface area (Å²) in [6.45, 7) is 7.99. The molecule has 3 aromatic carbocycles. The Morgan fingerprint density at radius 2 is 1.56 bits per heavy atom. The summed E-state index contributed by atoms with van der Waals surface area (Å²) in [5, 5.41) is 3.01. The van der Waals surface area contributed by atoms with Gasteiger partial charge in [-0.3, -0.25) is 4.79 Å². The first-order chi connectivity index (χ1) is 15.5. The molecule has 1 aliphatic heterocycles. The van der Waals surface area contributed by atoms with Gasteiger partial charge in [-0.25, -0.2) is 0 Å². The van der Waals surface area contributed by atoms with Gasteiger partial charge < -0.3 is 19.9 Å². The maximum atomic E-state index is 12.7. The zero-order valence-corrected chi connectivity index (χ0v) is 19.0. The third-order valence-electron chi connectivity index (χ3n) is 5.98. The molecular formula is C27H31N3O2. The molecule has 1 aliphatic rings. The topological polar surface area (TPSA) is 44.8 Å². The van der Waals surface area contributed by atoms with Gasteiger partial charge in [0.2, 0.25) is 0 Å². The van der Waals surface area contributed by atoms with Gasteiger partial charge in [0.25, 0.3) is 5.91 Å². The van der Waals surface area contributed by atoms with Crippen molar-refractivity contribution in [2.75, 3.05) is 43.4 Å². The highest BCUT2D eigenvalue weighted by atomic mass is 16.5. The first-order valence-corrected chi connectivity index (χ1v) is 11.2. The molecule has 0 bridgehead atoms. The highest BCUT2D eigenvalue weighted by molar-refractivity contribution is 5.95. The van der Waals surface area contributed by atoms with Crippen molar-refractivity contribution in [3.63, 3.8) is 0 Å². The van der Waals surface area contributed by atoms with E-state index in [1.165, 1.54) is 5.69 Å². The van der Waals surface area contributed by atoms with Crippen LogP contribution in [0, 0.1) is 6.92 Å². The number of nitrogens with zero attached hydrogens (tertiary/aromatic N) is 2. The molecule has 1 atom stereocenters. The number of carbonyl (C=O) groups is 1. The number of piperazine rings is 1. The van der Waals surface area contributed by atoms with Gasteiger partial charge in [-0.1, -0.05) is 42.5 Å². The summed E-state index contributed by atoms with van der Waals surface area (Å²) >= 11 is 0. The normalized spacial score (nSPS) is 15.3. The Kier molecular flexibility index (Phi) is 6.76. The van der Waals surface area contributed by atoms with E-state index in [0.717, 1.165) is 48.6 Å². The molecule has 1 heterocycles. The molecule has 5 nitrogen and oxygen atoms in total. The van der Waals surface area contributed by atoms with Crippen LogP contribution < -0.4 is 15.0 Å². The fourth-order valence-corrected chi connectivity index (χ4v) is 3.90. The second-order valence-corrected chi connectivity index (χ2v) is 8.43. The Bertz CT molecular complexity index is 1040. The minimum absolute atomic E-state index is 0.160. The van der Waals surface area contributed by atoms with E-state index < -0.39 is 6.10 Å². The fourth-order valence-electron chi connectivity index (χ4n) is 3.90. The minimum atomic E-state index is -0.603. The molecule has 1 saturated heterocycles. The predicted molar refractivity (Wildman–Crippen MR) is 131 cm³/mol. The molecule has 1 fully saturated rings. The Balaban J connectivity index is 1.35. The van der Waals surface area contributed by atoms with Crippen LogP contribution in [0.25, 0.3) is 11.1 Å². The van der Waals surface area contributed by atoms with Crippen LogP contribution >= 0.6 is 0 Å². The maximum Gasteiger partial charge on any atom is 0.265 e. The van der Waals surface area contributed by atoms with Gasteiger partial charge in [0.15, 0.2) is 6.10 Å². The Hall–Kier alpha value is -3.31. The van der Waals surface area contributed by atoms with E-state index in [1.54, 1.807) is 6.92 Å². The first-order valence-electron chi connectivity index (χ1n) is 11.2. The van der Waals surface area contributed by atoms with Crippen LogP contribution in [0.2, 0.25) is 0 Å². The van der Waals surface area contributed by atoms with Crippen LogP contribution in [-0.2, 0) is 4.79 Å². The van der Waals surface area contributed by atoms with Gasteiger partial charge in [-0.2, -0.15) is 0 Å². The van der Waals surface area contributed by atoms with Gasteiger partial charge >= 0.3 is 0 Å². The van der Waals surface area contributed by atoms with Gasteiger partial charge in [-0.05, 0) is 67.9 Å². The van der Waals surface area contributed by atoms with E-state index >= 15 is 0 Å². The summed E-state index contributed by atoms with van der Waals surface area (Å²) in [4.78, 5) is 17.5. The van der Waals surface area contributed by atoms with Gasteiger partial charge in [-0.15, -0.1) is 0 Å². The molecule has 5 heteroatoms. The zero-order chi connectivity index (χ0) is 22.5. The van der Waals surface area contributed by atoms with Crippen molar-refractivity contribution in [3.8, 4) is 16.9 Å². The number of benzene rings is 3. The molecule has 0 spiro atoms. The minimum Gasteiger partial charge on any atom is -0.481 e. The molecule has 4 rings (SSSR count). The Morgan fingerprint density at radius 3 is 2.22 bits per heavy atom. The van der Waals surface area contributed by atoms with Crippen molar-refractivity contribution in [2.45, 2.75) is 20.0 Å². The molecule has 1 N–H and O–H groups in total. The van der Waals surface area contributed by atoms with Crippen LogP contribution in [0.4, 0.5) is 11.4 Å². The molecule has 1 amide bonds. The first kappa shape index (κ1) is 21.9. The number of hydrogen-bond acceptors (Lipinski definition) is 4. The summed E-state index contributed by atoms with van der Waals surface area (Å²) in [7, 11) is 2.15. The van der Waals surface area contributed by atoms with Crippen LogP contribution in [0.1, 0.15) is 12.5 Å². The summed E-state index contributed by atoms with van der Waals surface area (Å²) in [6.07, 6.45) is -0.603. The SMILES string of the molecule is Cc1cc(N2CCN(C)CC2)ccc1NC(=O)C(C)Oc1ccc(-c2ccccc2)cc1. The number of ether oxygens (including phenoxy) is 1. The van der Waals surface area contributed by atoms with Crippen molar-refractivity contribution in [2.24, 2.45) is 0 Å². The molecule has 166 valence electrons. The Labute approximate surface area is 190 Å². The second-order valence-electron chi connectivity index (χ2n) is 8.43. The number of likely N-dealkylation sites (N-methyl/N-ethyl adjacent to an activating group) is 1. The van der Waals surface area contributed by atoms with Crippen LogP contribution in [0.5, 0.6) is 5.75 Å². The van der Waals surface area contributed by atoms with Gasteiger partial charge in [0.05, 0.1) is 0 Å². The van der Waals surface area contributed by atoms with Crippen molar-refractivity contribution < 1.29 is 9.53 Å². The van der Waals surface area contributed by atoms with E-state index in [9.17, 15) is 4.79 Å². The van der Waals surface area contributed by atoms with Gasteiger partial charge in [0.1, 0.15) is 5.75 Å². The van der Waals surface area contributed by atoms with Crippen molar-refractivity contribution >= 4 is 17.3 Å². The molecular weight excluding hydrogens is 398 g/mol. The molecule has 3 aromatic rings. The van der Waals surface area contributed by atoms with Crippen LogP contribution in [-0.4, -0.2) is 50.1 Å². The highest BCUT2D eigenvalue weighted by Gasteiger charge is 2.18. The highest BCUT2D eigenvalue weighted by Crippen LogP contribution is 2.25. The molecule has 0 aliphatic carbocycles. The second kappa shape index (κ2) is 9.88. The summed E-state index contributed by atoms with van der Waals surface area (Å²) in [5.74, 6) is 0.516. The van der Waals surface area contributed by atoms with E-state index in [0.29, 0.717) is 5.75 Å². The smallest absolute Gasteiger partial charge is 0.265 e. The average molecular weight is 430 g/mol. The van der Waals surface area contributed by atoms with E-state index in [1.807, 2.05) is 55.5 Å². The third-order valence-corrected chi connectivity index (χ3v) is 5.98. The van der Waals surface area contributed by atoms with Crippen LogP contribution in [0.3, 0.4) is 0 Å². The number of hydrogen-bond donors (Lipinski definition) is 1. The van der Waals surface area contributed by atoms with Crippen molar-refractivity contribution in [3.05, 3.63) is 78.4 Å². The zero-order valence-electron chi connectivity index (χ0n) is 19.0. The maximum absolute atomic E-state index is 12.7. The molecule has 0 aromatic heterocycles. The molecule has 32 heavy (non-hydrogen) atoms. The quantitative estimate of drug-likeness (QED) is 0.610. The Morgan fingerprint density at radius 1 is 0.906 bits per heavy atom. The van der Waals surface area contributed by atoms with Crippen molar-refractivity contribution in [1.29, 1.82) is 0 Å². The average Bonchev–Trinajstić information content (AvgIpc) is 2.82. The fraction of sp³-hybridized carbons (Fsp3) is 0.296. The summed E-state index contributed by atoms with van der Waals surface area (Å²) in [6, 6.07) is 24.2. The number of anilines is 2. The third kappa shape index (κ3) is 5.29. The molecule has 0 radical (unpaired) electrons. The lowest BCUT2D eigenvalue weighted by Crippen LogP contribution is -2.44. The number of aryl methyl sites for hydroxylation is 1.